The SMILES string of the molecule is CCCCCc1cc(=O)c2c(O)cc(OC)cc2o1. The van der Waals surface area contributed by atoms with E-state index in [0.717, 1.165) is 25.7 Å². The van der Waals surface area contributed by atoms with E-state index < -0.39 is 0 Å². The molecule has 1 aromatic carbocycles. The number of rotatable bonds is 5. The van der Waals surface area contributed by atoms with Crippen molar-refractivity contribution < 1.29 is 14.3 Å². The minimum Gasteiger partial charge on any atom is -0.507 e. The molecule has 19 heavy (non-hydrogen) atoms. The molecule has 0 bridgehead atoms. The van der Waals surface area contributed by atoms with Crippen molar-refractivity contribution in [1.29, 1.82) is 0 Å². The first-order chi connectivity index (χ1) is 9.15. The van der Waals surface area contributed by atoms with E-state index in [1.165, 1.54) is 19.2 Å². The molecule has 4 nitrogen and oxygen atoms in total. The Morgan fingerprint density at radius 2 is 2.05 bits per heavy atom. The number of phenols is 1. The highest BCUT2D eigenvalue weighted by Gasteiger charge is 2.11. The van der Waals surface area contributed by atoms with Crippen LogP contribution in [0, 0.1) is 0 Å². The van der Waals surface area contributed by atoms with Gasteiger partial charge in [-0.25, -0.2) is 0 Å². The monoisotopic (exact) mass is 262 g/mol. The lowest BCUT2D eigenvalue weighted by molar-refractivity contribution is 0.407. The molecule has 0 aliphatic heterocycles. The summed E-state index contributed by atoms with van der Waals surface area (Å²) in [6.07, 6.45) is 3.94. The molecular weight excluding hydrogens is 244 g/mol. The van der Waals surface area contributed by atoms with E-state index in [0.29, 0.717) is 17.1 Å². The van der Waals surface area contributed by atoms with Gasteiger partial charge in [0.25, 0.3) is 0 Å². The predicted molar refractivity (Wildman–Crippen MR) is 73.9 cm³/mol. The summed E-state index contributed by atoms with van der Waals surface area (Å²) in [7, 11) is 1.50. The highest BCUT2D eigenvalue weighted by Crippen LogP contribution is 2.28. The van der Waals surface area contributed by atoms with Gasteiger partial charge in [0.1, 0.15) is 28.2 Å². The number of fused-ring (bicyclic) bond motifs is 1. The van der Waals surface area contributed by atoms with E-state index in [9.17, 15) is 9.90 Å². The zero-order valence-corrected chi connectivity index (χ0v) is 11.2. The third-order valence-corrected chi connectivity index (χ3v) is 3.10. The molecule has 0 atom stereocenters. The van der Waals surface area contributed by atoms with Crippen LogP contribution in [-0.2, 0) is 6.42 Å². The molecule has 0 aliphatic rings. The topological polar surface area (TPSA) is 59.7 Å². The molecule has 1 aromatic heterocycles. The first kappa shape index (κ1) is 13.5. The van der Waals surface area contributed by atoms with Crippen molar-refractivity contribution in [3.63, 3.8) is 0 Å². The second-order valence-corrected chi connectivity index (χ2v) is 4.55. The minimum atomic E-state index is -0.215. The fourth-order valence-electron chi connectivity index (χ4n) is 2.08. The summed E-state index contributed by atoms with van der Waals surface area (Å²) < 4.78 is 10.7. The van der Waals surface area contributed by atoms with Gasteiger partial charge in [0.2, 0.25) is 0 Å². The average molecular weight is 262 g/mol. The summed E-state index contributed by atoms with van der Waals surface area (Å²) in [4.78, 5) is 12.0. The molecule has 2 rings (SSSR count). The maximum absolute atomic E-state index is 12.0. The fourth-order valence-corrected chi connectivity index (χ4v) is 2.08. The maximum atomic E-state index is 12.0. The lowest BCUT2D eigenvalue weighted by Crippen LogP contribution is -2.03. The van der Waals surface area contributed by atoms with Crippen molar-refractivity contribution in [2.24, 2.45) is 0 Å². The first-order valence-electron chi connectivity index (χ1n) is 6.49. The van der Waals surface area contributed by atoms with E-state index >= 15 is 0 Å². The number of phenolic OH excluding ortho intramolecular Hbond substituents is 1. The van der Waals surface area contributed by atoms with E-state index in [2.05, 4.69) is 6.92 Å². The second-order valence-electron chi connectivity index (χ2n) is 4.55. The van der Waals surface area contributed by atoms with Crippen LogP contribution in [0.15, 0.2) is 27.4 Å². The maximum Gasteiger partial charge on any atom is 0.196 e. The zero-order chi connectivity index (χ0) is 13.8. The van der Waals surface area contributed by atoms with Crippen molar-refractivity contribution in [1.82, 2.24) is 0 Å². The Kier molecular flexibility index (Phi) is 4.10. The van der Waals surface area contributed by atoms with Crippen molar-refractivity contribution in [3.05, 3.63) is 34.2 Å². The van der Waals surface area contributed by atoms with E-state index in [4.69, 9.17) is 9.15 Å². The normalized spacial score (nSPS) is 10.8. The summed E-state index contributed by atoms with van der Waals surface area (Å²) in [6, 6.07) is 4.50. The van der Waals surface area contributed by atoms with Crippen LogP contribution in [0.2, 0.25) is 0 Å². The summed E-state index contributed by atoms with van der Waals surface area (Å²) >= 11 is 0. The van der Waals surface area contributed by atoms with Gasteiger partial charge in [0.15, 0.2) is 5.43 Å². The Balaban J connectivity index is 2.46. The van der Waals surface area contributed by atoms with Crippen LogP contribution in [0.4, 0.5) is 0 Å². The molecule has 102 valence electrons. The van der Waals surface area contributed by atoms with E-state index in [1.807, 2.05) is 0 Å². The third kappa shape index (κ3) is 2.89. The second kappa shape index (κ2) is 5.78. The van der Waals surface area contributed by atoms with Crippen LogP contribution in [0.1, 0.15) is 31.9 Å². The third-order valence-electron chi connectivity index (χ3n) is 3.10. The van der Waals surface area contributed by atoms with Gasteiger partial charge in [-0.15, -0.1) is 0 Å². The van der Waals surface area contributed by atoms with Gasteiger partial charge in [0.05, 0.1) is 7.11 Å². The van der Waals surface area contributed by atoms with Crippen LogP contribution in [-0.4, -0.2) is 12.2 Å². The number of unbranched alkanes of at least 4 members (excludes halogenated alkanes) is 2. The lowest BCUT2D eigenvalue weighted by atomic mass is 10.1. The van der Waals surface area contributed by atoms with Crippen LogP contribution < -0.4 is 10.2 Å². The molecule has 1 N–H and O–H groups in total. The Bertz CT molecular complexity index is 628. The molecule has 0 saturated heterocycles. The molecule has 0 radical (unpaired) electrons. The van der Waals surface area contributed by atoms with Gasteiger partial charge in [-0.2, -0.15) is 0 Å². The van der Waals surface area contributed by atoms with Crippen LogP contribution >= 0.6 is 0 Å². The lowest BCUT2D eigenvalue weighted by Gasteiger charge is -2.06. The number of hydrogen-bond donors (Lipinski definition) is 1. The van der Waals surface area contributed by atoms with E-state index in [1.54, 1.807) is 6.07 Å². The number of ether oxygens (including phenoxy) is 1. The van der Waals surface area contributed by atoms with Gasteiger partial charge in [0, 0.05) is 24.6 Å². The van der Waals surface area contributed by atoms with Gasteiger partial charge >= 0.3 is 0 Å². The molecule has 0 aliphatic carbocycles. The van der Waals surface area contributed by atoms with Crippen molar-refractivity contribution >= 4 is 11.0 Å². The summed E-state index contributed by atoms with van der Waals surface area (Å²) in [5.41, 5.74) is 0.156. The van der Waals surface area contributed by atoms with Gasteiger partial charge in [-0.1, -0.05) is 19.8 Å². The molecule has 0 saturated carbocycles. The smallest absolute Gasteiger partial charge is 0.196 e. The quantitative estimate of drug-likeness (QED) is 0.840. The Morgan fingerprint density at radius 3 is 2.74 bits per heavy atom. The first-order valence-corrected chi connectivity index (χ1v) is 6.49. The number of benzene rings is 1. The zero-order valence-electron chi connectivity index (χ0n) is 11.2. The molecule has 0 fully saturated rings. The summed E-state index contributed by atoms with van der Waals surface area (Å²) in [6.45, 7) is 2.12. The fraction of sp³-hybridized carbons (Fsp3) is 0.400. The number of hydrogen-bond acceptors (Lipinski definition) is 4. The predicted octanol–water partition coefficient (Wildman–Crippen LogP) is 3.24. The number of aryl methyl sites for hydroxylation is 1. The molecule has 2 aromatic rings. The van der Waals surface area contributed by atoms with E-state index in [-0.39, 0.29) is 16.6 Å². The summed E-state index contributed by atoms with van der Waals surface area (Å²) in [5.74, 6) is 1.01. The average Bonchev–Trinajstić information content (AvgIpc) is 2.38. The standard InChI is InChI=1S/C15H18O4/c1-3-4-5-6-10-7-12(16)15-13(17)8-11(18-2)9-14(15)19-10/h7-9,17H,3-6H2,1-2H3. The van der Waals surface area contributed by atoms with Crippen molar-refractivity contribution in [3.8, 4) is 11.5 Å². The molecular formula is C15H18O4. The van der Waals surface area contributed by atoms with Crippen molar-refractivity contribution in [2.75, 3.05) is 7.11 Å². The minimum absolute atomic E-state index is 0.108. The van der Waals surface area contributed by atoms with Crippen LogP contribution in [0.25, 0.3) is 11.0 Å². The highest BCUT2D eigenvalue weighted by molar-refractivity contribution is 5.84. The van der Waals surface area contributed by atoms with Gasteiger partial charge in [-0.05, 0) is 6.42 Å². The molecule has 0 amide bonds. The van der Waals surface area contributed by atoms with Crippen LogP contribution in [0.5, 0.6) is 11.5 Å². The van der Waals surface area contributed by atoms with Crippen LogP contribution in [0.3, 0.4) is 0 Å². The Labute approximate surface area is 111 Å². The summed E-state index contributed by atoms with van der Waals surface area (Å²) in [5, 5.41) is 10.0. The van der Waals surface area contributed by atoms with Crippen molar-refractivity contribution in [2.45, 2.75) is 32.6 Å². The Hall–Kier alpha value is -1.97. The Morgan fingerprint density at radius 1 is 1.26 bits per heavy atom. The molecule has 4 heteroatoms. The molecule has 1 heterocycles. The number of aromatic hydroxyl groups is 1. The van der Waals surface area contributed by atoms with Gasteiger partial charge < -0.3 is 14.3 Å². The molecule has 0 unspecified atom stereocenters. The molecule has 0 spiro atoms. The largest absolute Gasteiger partial charge is 0.507 e. The number of methoxy groups -OCH3 is 1. The van der Waals surface area contributed by atoms with Gasteiger partial charge in [-0.3, -0.25) is 4.79 Å². The highest BCUT2D eigenvalue weighted by atomic mass is 16.5.